The van der Waals surface area contributed by atoms with Gasteiger partial charge >= 0.3 is 12.6 Å². The molecule has 0 spiro atoms. The Bertz CT molecular complexity index is 585. The van der Waals surface area contributed by atoms with Gasteiger partial charge in [-0.3, -0.25) is 14.9 Å². The molecule has 1 rings (SSSR count). The smallest absolute Gasteiger partial charge is 0.387 e. The Morgan fingerprint density at radius 1 is 1.40 bits per heavy atom. The number of benzene rings is 1. The third kappa shape index (κ3) is 3.83. The van der Waals surface area contributed by atoms with Crippen molar-refractivity contribution in [2.75, 3.05) is 0 Å². The van der Waals surface area contributed by atoms with Crippen molar-refractivity contribution in [3.8, 4) is 5.75 Å². The molecule has 7 nitrogen and oxygen atoms in total. The molecule has 0 fully saturated rings. The SMILES string of the molecule is O=Cc1cc([N+](=O)[O-])c(/C=C/C(=O)O)cc1OC(F)F. The lowest BCUT2D eigenvalue weighted by Crippen LogP contribution is -2.05. The zero-order valence-corrected chi connectivity index (χ0v) is 9.66. The Hall–Kier alpha value is -2.84. The van der Waals surface area contributed by atoms with E-state index in [0.717, 1.165) is 18.2 Å². The Morgan fingerprint density at radius 2 is 2.05 bits per heavy atom. The molecule has 0 atom stereocenters. The number of nitrogens with zero attached hydrogens (tertiary/aromatic N) is 1. The first kappa shape index (κ1) is 15.2. The molecule has 0 amide bonds. The lowest BCUT2D eigenvalue weighted by Gasteiger charge is -2.08. The molecule has 9 heteroatoms. The van der Waals surface area contributed by atoms with Gasteiger partial charge in [-0.25, -0.2) is 4.79 Å². The molecule has 0 aliphatic rings. The Morgan fingerprint density at radius 3 is 2.50 bits per heavy atom. The van der Waals surface area contributed by atoms with Crippen molar-refractivity contribution in [3.63, 3.8) is 0 Å². The molecule has 0 bridgehead atoms. The maximum Gasteiger partial charge on any atom is 0.387 e. The van der Waals surface area contributed by atoms with Gasteiger partial charge in [0.2, 0.25) is 0 Å². The van der Waals surface area contributed by atoms with E-state index in [-0.39, 0.29) is 11.8 Å². The maximum atomic E-state index is 12.2. The van der Waals surface area contributed by atoms with Crippen LogP contribution in [0.1, 0.15) is 15.9 Å². The normalized spacial score (nSPS) is 10.8. The summed E-state index contributed by atoms with van der Waals surface area (Å²) in [4.78, 5) is 31.0. The van der Waals surface area contributed by atoms with E-state index >= 15 is 0 Å². The highest BCUT2D eigenvalue weighted by molar-refractivity contribution is 5.88. The van der Waals surface area contributed by atoms with E-state index < -0.39 is 34.5 Å². The van der Waals surface area contributed by atoms with Gasteiger partial charge in [0, 0.05) is 12.1 Å². The van der Waals surface area contributed by atoms with Crippen molar-refractivity contribution in [1.29, 1.82) is 0 Å². The van der Waals surface area contributed by atoms with Gasteiger partial charge in [-0.1, -0.05) is 0 Å². The molecule has 0 radical (unpaired) electrons. The third-order valence-corrected chi connectivity index (χ3v) is 2.10. The molecule has 0 aliphatic heterocycles. The number of carboxylic acid groups (broad SMARTS) is 1. The van der Waals surface area contributed by atoms with E-state index in [9.17, 15) is 28.5 Å². The summed E-state index contributed by atoms with van der Waals surface area (Å²) in [5.74, 6) is -1.96. The molecule has 1 N–H and O–H groups in total. The number of nitro benzene ring substituents is 1. The number of halogens is 2. The van der Waals surface area contributed by atoms with Crippen LogP contribution in [-0.2, 0) is 4.79 Å². The number of ether oxygens (including phenoxy) is 1. The predicted molar refractivity (Wildman–Crippen MR) is 61.8 cm³/mol. The van der Waals surface area contributed by atoms with Gasteiger partial charge in [-0.15, -0.1) is 0 Å². The van der Waals surface area contributed by atoms with Gasteiger partial charge in [0.05, 0.1) is 16.1 Å². The monoisotopic (exact) mass is 287 g/mol. The van der Waals surface area contributed by atoms with Gasteiger partial charge in [0.1, 0.15) is 5.75 Å². The van der Waals surface area contributed by atoms with Crippen molar-refractivity contribution in [2.24, 2.45) is 0 Å². The molecule has 106 valence electrons. The number of aliphatic carboxylic acids is 1. The van der Waals surface area contributed by atoms with Crippen LogP contribution >= 0.6 is 0 Å². The van der Waals surface area contributed by atoms with E-state index in [0.29, 0.717) is 6.08 Å². The fourth-order valence-corrected chi connectivity index (χ4v) is 1.34. The van der Waals surface area contributed by atoms with Crippen LogP contribution in [0.15, 0.2) is 18.2 Å². The molecule has 1 aromatic rings. The second-order valence-electron chi connectivity index (χ2n) is 3.37. The molecule has 0 heterocycles. The first-order valence-electron chi connectivity index (χ1n) is 4.98. The second kappa shape index (κ2) is 6.36. The molecule has 0 saturated heterocycles. The summed E-state index contributed by atoms with van der Waals surface area (Å²) in [6.07, 6.45) is 1.55. The highest BCUT2D eigenvalue weighted by Crippen LogP contribution is 2.30. The average Bonchev–Trinajstić information content (AvgIpc) is 2.35. The maximum absolute atomic E-state index is 12.2. The van der Waals surface area contributed by atoms with Gasteiger partial charge in [-0.2, -0.15) is 8.78 Å². The first-order chi connectivity index (χ1) is 9.35. The Kier molecular flexibility index (Phi) is 4.84. The fourth-order valence-electron chi connectivity index (χ4n) is 1.34. The summed E-state index contributed by atoms with van der Waals surface area (Å²) in [7, 11) is 0. The number of hydrogen-bond acceptors (Lipinski definition) is 5. The number of carboxylic acids is 1. The molecular formula is C11H7F2NO6. The number of carbonyl (C=O) groups is 2. The highest BCUT2D eigenvalue weighted by atomic mass is 19.3. The summed E-state index contributed by atoms with van der Waals surface area (Å²) >= 11 is 0. The minimum Gasteiger partial charge on any atom is -0.478 e. The molecule has 1 aromatic carbocycles. The highest BCUT2D eigenvalue weighted by Gasteiger charge is 2.19. The quantitative estimate of drug-likeness (QED) is 0.371. The lowest BCUT2D eigenvalue weighted by atomic mass is 10.1. The largest absolute Gasteiger partial charge is 0.478 e. The van der Waals surface area contributed by atoms with Gasteiger partial charge < -0.3 is 9.84 Å². The number of aldehydes is 1. The number of nitro groups is 1. The second-order valence-corrected chi connectivity index (χ2v) is 3.37. The van der Waals surface area contributed by atoms with E-state index in [1.165, 1.54) is 0 Å². The molecule has 0 aromatic heterocycles. The van der Waals surface area contributed by atoms with E-state index in [1.54, 1.807) is 0 Å². The van der Waals surface area contributed by atoms with E-state index in [2.05, 4.69) is 4.74 Å². The number of alkyl halides is 2. The molecule has 0 unspecified atom stereocenters. The minimum atomic E-state index is -3.23. The zero-order chi connectivity index (χ0) is 15.3. The summed E-state index contributed by atoms with van der Waals surface area (Å²) in [5.41, 5.74) is -1.32. The van der Waals surface area contributed by atoms with Crippen LogP contribution in [-0.4, -0.2) is 28.9 Å². The molecule has 0 saturated carbocycles. The van der Waals surface area contributed by atoms with Crippen LogP contribution < -0.4 is 4.74 Å². The lowest BCUT2D eigenvalue weighted by molar-refractivity contribution is -0.385. The van der Waals surface area contributed by atoms with Crippen molar-refractivity contribution < 1.29 is 33.1 Å². The van der Waals surface area contributed by atoms with Gasteiger partial charge in [0.15, 0.2) is 6.29 Å². The van der Waals surface area contributed by atoms with Crippen molar-refractivity contribution in [1.82, 2.24) is 0 Å². The number of hydrogen-bond donors (Lipinski definition) is 1. The van der Waals surface area contributed by atoms with Crippen molar-refractivity contribution in [3.05, 3.63) is 39.4 Å². The van der Waals surface area contributed by atoms with Crippen molar-refractivity contribution >= 4 is 24.0 Å². The van der Waals surface area contributed by atoms with Crippen LogP contribution in [0.2, 0.25) is 0 Å². The van der Waals surface area contributed by atoms with Gasteiger partial charge in [0.25, 0.3) is 5.69 Å². The summed E-state index contributed by atoms with van der Waals surface area (Å²) in [5, 5.41) is 19.2. The topological polar surface area (TPSA) is 107 Å². The Labute approximate surface area is 110 Å². The number of carbonyl (C=O) groups excluding carboxylic acids is 1. The molecule has 20 heavy (non-hydrogen) atoms. The van der Waals surface area contributed by atoms with Crippen LogP contribution in [0.25, 0.3) is 6.08 Å². The Balaban J connectivity index is 3.41. The fraction of sp³-hybridized carbons (Fsp3) is 0.0909. The van der Waals surface area contributed by atoms with E-state index in [4.69, 9.17) is 5.11 Å². The summed E-state index contributed by atoms with van der Waals surface area (Å²) in [6, 6.07) is 1.53. The van der Waals surface area contributed by atoms with Gasteiger partial charge in [-0.05, 0) is 12.1 Å². The van der Waals surface area contributed by atoms with Crippen molar-refractivity contribution in [2.45, 2.75) is 6.61 Å². The average molecular weight is 287 g/mol. The molecular weight excluding hydrogens is 280 g/mol. The van der Waals surface area contributed by atoms with Crippen LogP contribution in [0, 0.1) is 10.1 Å². The first-order valence-corrected chi connectivity index (χ1v) is 4.98. The third-order valence-electron chi connectivity index (χ3n) is 2.10. The minimum absolute atomic E-state index is 0.120. The van der Waals surface area contributed by atoms with Crippen LogP contribution in [0.4, 0.5) is 14.5 Å². The van der Waals surface area contributed by atoms with Crippen LogP contribution in [0.5, 0.6) is 5.75 Å². The number of rotatable bonds is 6. The standard InChI is InChI=1S/C11H7F2NO6/c12-11(13)20-9-4-6(1-2-10(16)17)8(14(18)19)3-7(9)5-15/h1-5,11H,(H,16,17)/b2-1+. The summed E-state index contributed by atoms with van der Waals surface area (Å²) < 4.78 is 28.4. The molecule has 0 aliphatic carbocycles. The predicted octanol–water partition coefficient (Wildman–Crippen LogP) is 2.11. The van der Waals surface area contributed by atoms with Crippen LogP contribution in [0.3, 0.4) is 0 Å². The summed E-state index contributed by atoms with van der Waals surface area (Å²) in [6.45, 7) is -3.23. The zero-order valence-electron chi connectivity index (χ0n) is 9.66. The van der Waals surface area contributed by atoms with E-state index in [1.807, 2.05) is 0 Å².